The van der Waals surface area contributed by atoms with Crippen molar-refractivity contribution in [2.45, 2.75) is 31.9 Å². The van der Waals surface area contributed by atoms with Crippen molar-refractivity contribution < 1.29 is 51.0 Å². The first-order valence-corrected chi connectivity index (χ1v) is 5.94. The molecule has 0 fully saturated rings. The van der Waals surface area contributed by atoms with Crippen LogP contribution in [0.2, 0.25) is 12.6 Å². The van der Waals surface area contributed by atoms with E-state index in [-0.39, 0.29) is 51.0 Å². The van der Waals surface area contributed by atoms with Crippen molar-refractivity contribution in [3.8, 4) is 0 Å². The Labute approximate surface area is 104 Å². The van der Waals surface area contributed by atoms with Crippen LogP contribution in [0.3, 0.4) is 0 Å². The summed E-state index contributed by atoms with van der Waals surface area (Å²) in [4.78, 5) is 0. The molecule has 11 heavy (non-hydrogen) atoms. The third kappa shape index (κ3) is 24.6. The maximum absolute atomic E-state index is 3.67. The monoisotopic (exact) mass is 288 g/mol. The molecule has 0 N–H and O–H groups in total. The van der Waals surface area contributed by atoms with E-state index in [1.54, 1.807) is 0 Å². The summed E-state index contributed by atoms with van der Waals surface area (Å²) in [6, 6.07) is 1.52. The molecule has 4 heteroatoms. The molecule has 0 aliphatic carbocycles. The number of unbranched alkanes of at least 4 members (excludes halogenated alkanes) is 2. The summed E-state index contributed by atoms with van der Waals surface area (Å²) in [6.07, 6.45) is 6.03. The van der Waals surface area contributed by atoms with Crippen LogP contribution in [0.4, 0.5) is 0 Å². The fourth-order valence-corrected chi connectivity index (χ4v) is 1.57. The molecule has 0 aromatic rings. The van der Waals surface area contributed by atoms with Crippen molar-refractivity contribution in [3.05, 3.63) is 12.7 Å². The van der Waals surface area contributed by atoms with Crippen LogP contribution in [0.25, 0.3) is 0 Å². The second-order valence-electron chi connectivity index (χ2n) is 2.14. The molecule has 0 saturated heterocycles. The van der Waals surface area contributed by atoms with Crippen molar-refractivity contribution in [1.29, 1.82) is 0 Å². The molecule has 0 aliphatic heterocycles. The van der Waals surface area contributed by atoms with Crippen LogP contribution in [0.1, 0.15) is 19.3 Å². The zero-order chi connectivity index (χ0) is 6.24. The van der Waals surface area contributed by atoms with Crippen molar-refractivity contribution in [3.63, 3.8) is 0 Å². The molecule has 0 nitrogen and oxygen atoms in total. The Hall–Kier alpha value is 1.42. The van der Waals surface area contributed by atoms with Crippen molar-refractivity contribution in [2.75, 3.05) is 0 Å². The van der Waals surface area contributed by atoms with Gasteiger partial charge in [-0.25, -0.2) is 0 Å². The van der Waals surface area contributed by atoms with Gasteiger partial charge in [-0.1, -0.05) is 31.5 Å². The largest absolute Gasteiger partial charge is 2.00 e. The molecule has 0 bridgehead atoms. The normalized spacial score (nSPS) is 7.73. The summed E-state index contributed by atoms with van der Waals surface area (Å²) in [6.45, 7) is 6.04. The first-order valence-electron chi connectivity index (χ1n) is 3.52. The number of halogens is 2. The van der Waals surface area contributed by atoms with Crippen LogP contribution >= 0.6 is 0 Å². The Balaban J connectivity index is -0.0000000817. The van der Waals surface area contributed by atoms with Gasteiger partial charge in [0.2, 0.25) is 0 Å². The van der Waals surface area contributed by atoms with E-state index in [0.29, 0.717) is 9.52 Å². The van der Waals surface area contributed by atoms with Gasteiger partial charge in [0.05, 0.1) is 0 Å². The van der Waals surface area contributed by atoms with Gasteiger partial charge in [0.15, 0.2) is 0 Å². The van der Waals surface area contributed by atoms with Gasteiger partial charge in [-0.15, -0.1) is 6.58 Å². The molecule has 0 atom stereocenters. The van der Waals surface area contributed by atoms with Crippen LogP contribution in [0.5, 0.6) is 0 Å². The van der Waals surface area contributed by atoms with Gasteiger partial charge in [-0.2, -0.15) is 0 Å². The van der Waals surface area contributed by atoms with Crippen LogP contribution in [-0.2, 0) is 26.2 Å². The molecule has 0 aliphatic rings. The molecule has 66 valence electrons. The fourth-order valence-electron chi connectivity index (χ4n) is 0.715. The molecule has 0 aromatic heterocycles. The quantitative estimate of drug-likeness (QED) is 0.275. The molecular formula is C7H16Cl2SiZr. The second-order valence-corrected chi connectivity index (χ2v) is 3.85. The molecule has 0 unspecified atom stereocenters. The van der Waals surface area contributed by atoms with Crippen LogP contribution in [-0.4, -0.2) is 9.52 Å². The predicted octanol–water partition coefficient (Wildman–Crippen LogP) is -4.02. The number of rotatable bonds is 5. The zero-order valence-corrected chi connectivity index (χ0v) is 12.5. The van der Waals surface area contributed by atoms with E-state index in [1.807, 2.05) is 6.08 Å². The minimum Gasteiger partial charge on any atom is -1.00 e. The Morgan fingerprint density at radius 3 is 2.18 bits per heavy atom. The summed E-state index contributed by atoms with van der Waals surface area (Å²) < 4.78 is 0. The first kappa shape index (κ1) is 22.8. The molecule has 0 saturated carbocycles. The van der Waals surface area contributed by atoms with Crippen LogP contribution in [0.15, 0.2) is 12.7 Å². The Bertz CT molecular complexity index is 62.4. The van der Waals surface area contributed by atoms with Crippen LogP contribution in [0, 0.1) is 0 Å². The summed E-state index contributed by atoms with van der Waals surface area (Å²) in [7, 11) is 0.352. The SMILES string of the molecule is C=CCCCC[SiH2]C.[Cl-].[Cl-].[Zr+2]. The maximum atomic E-state index is 3.67. The van der Waals surface area contributed by atoms with Crippen molar-refractivity contribution >= 4 is 9.52 Å². The molecule has 0 spiro atoms. The first-order chi connectivity index (χ1) is 3.91. The van der Waals surface area contributed by atoms with Crippen LogP contribution < -0.4 is 24.8 Å². The smallest absolute Gasteiger partial charge is 1.00 e. The fraction of sp³-hybridized carbons (Fsp3) is 0.714. The van der Waals surface area contributed by atoms with Gasteiger partial charge in [0.25, 0.3) is 0 Å². The second kappa shape index (κ2) is 22.5. The van der Waals surface area contributed by atoms with Gasteiger partial charge in [-0.05, 0) is 6.42 Å². The zero-order valence-electron chi connectivity index (χ0n) is 7.08. The summed E-state index contributed by atoms with van der Waals surface area (Å²) in [5.41, 5.74) is 0. The molecule has 0 heterocycles. The van der Waals surface area contributed by atoms with Crippen molar-refractivity contribution in [2.24, 2.45) is 0 Å². The van der Waals surface area contributed by atoms with Crippen molar-refractivity contribution in [1.82, 2.24) is 0 Å². The Morgan fingerprint density at radius 1 is 1.27 bits per heavy atom. The van der Waals surface area contributed by atoms with E-state index in [1.165, 1.54) is 25.3 Å². The van der Waals surface area contributed by atoms with E-state index < -0.39 is 0 Å². The molecule has 0 radical (unpaired) electrons. The predicted molar refractivity (Wildman–Crippen MR) is 43.3 cm³/mol. The van der Waals surface area contributed by atoms with E-state index in [9.17, 15) is 0 Å². The van der Waals surface area contributed by atoms with E-state index in [2.05, 4.69) is 13.1 Å². The van der Waals surface area contributed by atoms with Gasteiger partial charge < -0.3 is 24.8 Å². The number of hydrogen-bond donors (Lipinski definition) is 0. The van der Waals surface area contributed by atoms with Gasteiger partial charge in [0, 0.05) is 9.52 Å². The van der Waals surface area contributed by atoms with Gasteiger partial charge in [-0.3, -0.25) is 0 Å². The molecule has 0 amide bonds. The standard InChI is InChI=1S/C7H16Si.2ClH.Zr/c1-3-4-5-6-7-8-2;;;/h3H,1,4-8H2,2H3;2*1H;/q;;;+2/p-2. The summed E-state index contributed by atoms with van der Waals surface area (Å²) in [5, 5.41) is 0. The minimum atomic E-state index is 0. The number of allylic oxidation sites excluding steroid dienone is 1. The molecular weight excluding hydrogens is 274 g/mol. The Kier molecular flexibility index (Phi) is 46.8. The summed E-state index contributed by atoms with van der Waals surface area (Å²) in [5.74, 6) is 0. The third-order valence-electron chi connectivity index (χ3n) is 1.26. The Morgan fingerprint density at radius 2 is 1.82 bits per heavy atom. The number of hydrogen-bond acceptors (Lipinski definition) is 0. The summed E-state index contributed by atoms with van der Waals surface area (Å²) >= 11 is 0. The van der Waals surface area contributed by atoms with E-state index >= 15 is 0 Å². The topological polar surface area (TPSA) is 0 Å². The van der Waals surface area contributed by atoms with Gasteiger partial charge >= 0.3 is 26.2 Å². The molecule has 0 rings (SSSR count). The average molecular weight is 290 g/mol. The third-order valence-corrected chi connectivity index (χ3v) is 2.47. The minimum absolute atomic E-state index is 0. The average Bonchev–Trinajstić information content (AvgIpc) is 1.81. The van der Waals surface area contributed by atoms with E-state index in [0.717, 1.165) is 0 Å². The van der Waals surface area contributed by atoms with E-state index in [4.69, 9.17) is 0 Å². The molecule has 0 aromatic carbocycles. The van der Waals surface area contributed by atoms with Gasteiger partial charge in [0.1, 0.15) is 0 Å². The maximum Gasteiger partial charge on any atom is 2.00 e.